The molecule has 0 atom stereocenters. The van der Waals surface area contributed by atoms with Crippen LogP contribution in [0.15, 0.2) is 48.8 Å². The van der Waals surface area contributed by atoms with Crippen molar-refractivity contribution in [1.82, 2.24) is 9.55 Å². The van der Waals surface area contributed by atoms with Crippen molar-refractivity contribution >= 4 is 17.0 Å². The van der Waals surface area contributed by atoms with E-state index in [9.17, 15) is 4.79 Å². The first-order valence-corrected chi connectivity index (χ1v) is 6.43. The number of methoxy groups -OCH3 is 2. The molecule has 0 fully saturated rings. The van der Waals surface area contributed by atoms with Gasteiger partial charge in [0.2, 0.25) is 0 Å². The smallest absolute Gasteiger partial charge is 0.339 e. The molecule has 0 bridgehead atoms. The van der Waals surface area contributed by atoms with E-state index in [0.29, 0.717) is 5.56 Å². The molecule has 3 aromatic rings. The van der Waals surface area contributed by atoms with E-state index in [1.807, 2.05) is 41.1 Å². The third-order valence-corrected chi connectivity index (χ3v) is 3.30. The lowest BCUT2D eigenvalue weighted by Crippen LogP contribution is -2.02. The molecule has 0 aliphatic carbocycles. The number of rotatable bonds is 3. The predicted molar refractivity (Wildman–Crippen MR) is 79.0 cm³/mol. The SMILES string of the molecule is COC(=O)c1cnc2c(ccn2-c2ccc(OC)cc2)c1. The summed E-state index contributed by atoms with van der Waals surface area (Å²) in [4.78, 5) is 15.9. The molecule has 5 heteroatoms. The number of hydrogen-bond acceptors (Lipinski definition) is 4. The zero-order valence-corrected chi connectivity index (χ0v) is 11.7. The molecule has 21 heavy (non-hydrogen) atoms. The highest BCUT2D eigenvalue weighted by atomic mass is 16.5. The van der Waals surface area contributed by atoms with E-state index in [1.165, 1.54) is 13.3 Å². The number of carbonyl (C=O) groups is 1. The van der Waals surface area contributed by atoms with Crippen LogP contribution in [-0.2, 0) is 4.74 Å². The minimum atomic E-state index is -0.387. The van der Waals surface area contributed by atoms with Crippen LogP contribution in [0.2, 0.25) is 0 Å². The molecule has 0 amide bonds. The first-order chi connectivity index (χ1) is 10.2. The van der Waals surface area contributed by atoms with Crippen molar-refractivity contribution in [2.24, 2.45) is 0 Å². The normalized spacial score (nSPS) is 10.6. The Labute approximate surface area is 121 Å². The quantitative estimate of drug-likeness (QED) is 0.693. The number of nitrogens with zero attached hydrogens (tertiary/aromatic N) is 2. The Bertz CT molecular complexity index is 791. The lowest BCUT2D eigenvalue weighted by atomic mass is 10.2. The summed E-state index contributed by atoms with van der Waals surface area (Å²) in [5, 5.41) is 0.883. The number of ether oxygens (including phenoxy) is 2. The van der Waals surface area contributed by atoms with Gasteiger partial charge in [-0.15, -0.1) is 0 Å². The Morgan fingerprint density at radius 3 is 2.57 bits per heavy atom. The summed E-state index contributed by atoms with van der Waals surface area (Å²) >= 11 is 0. The first kappa shape index (κ1) is 13.2. The largest absolute Gasteiger partial charge is 0.497 e. The van der Waals surface area contributed by atoms with E-state index < -0.39 is 0 Å². The zero-order chi connectivity index (χ0) is 14.8. The first-order valence-electron chi connectivity index (χ1n) is 6.43. The van der Waals surface area contributed by atoms with Gasteiger partial charge in [-0.3, -0.25) is 0 Å². The molecule has 0 aliphatic rings. The molecule has 2 heterocycles. The van der Waals surface area contributed by atoms with Crippen molar-refractivity contribution < 1.29 is 14.3 Å². The molecular formula is C16H14N2O3. The van der Waals surface area contributed by atoms with Crippen molar-refractivity contribution in [3.05, 3.63) is 54.4 Å². The zero-order valence-electron chi connectivity index (χ0n) is 11.7. The summed E-state index contributed by atoms with van der Waals surface area (Å²) in [5.41, 5.74) is 2.20. The number of carbonyl (C=O) groups excluding carboxylic acids is 1. The Morgan fingerprint density at radius 2 is 1.90 bits per heavy atom. The van der Waals surface area contributed by atoms with Gasteiger partial charge >= 0.3 is 5.97 Å². The maximum absolute atomic E-state index is 11.5. The van der Waals surface area contributed by atoms with Crippen LogP contribution in [0.25, 0.3) is 16.7 Å². The number of hydrogen-bond donors (Lipinski definition) is 0. The molecule has 1 aromatic carbocycles. The Morgan fingerprint density at radius 1 is 1.14 bits per heavy atom. The summed E-state index contributed by atoms with van der Waals surface area (Å²) in [7, 11) is 2.99. The van der Waals surface area contributed by atoms with E-state index in [0.717, 1.165) is 22.5 Å². The van der Waals surface area contributed by atoms with Gasteiger partial charge in [-0.25, -0.2) is 9.78 Å². The molecule has 0 radical (unpaired) electrons. The Balaban J connectivity index is 2.05. The van der Waals surface area contributed by atoms with Gasteiger partial charge in [0.25, 0.3) is 0 Å². The van der Waals surface area contributed by atoms with Crippen LogP contribution in [0.5, 0.6) is 5.75 Å². The maximum Gasteiger partial charge on any atom is 0.339 e. The van der Waals surface area contributed by atoms with Crippen molar-refractivity contribution in [2.75, 3.05) is 14.2 Å². The lowest BCUT2D eigenvalue weighted by Gasteiger charge is -2.06. The van der Waals surface area contributed by atoms with E-state index in [2.05, 4.69) is 4.98 Å². The molecule has 0 saturated carbocycles. The fraction of sp³-hybridized carbons (Fsp3) is 0.125. The summed E-state index contributed by atoms with van der Waals surface area (Å²) in [6, 6.07) is 11.4. The second kappa shape index (κ2) is 5.28. The van der Waals surface area contributed by atoms with Gasteiger partial charge in [-0.2, -0.15) is 0 Å². The van der Waals surface area contributed by atoms with Crippen molar-refractivity contribution in [3.8, 4) is 11.4 Å². The number of esters is 1. The van der Waals surface area contributed by atoms with Crippen LogP contribution >= 0.6 is 0 Å². The molecule has 0 spiro atoms. The third kappa shape index (κ3) is 2.33. The number of pyridine rings is 1. The molecule has 5 nitrogen and oxygen atoms in total. The fourth-order valence-electron chi connectivity index (χ4n) is 2.20. The van der Waals surface area contributed by atoms with E-state index in [1.54, 1.807) is 13.2 Å². The van der Waals surface area contributed by atoms with E-state index in [4.69, 9.17) is 9.47 Å². The van der Waals surface area contributed by atoms with Gasteiger partial charge in [-0.05, 0) is 36.4 Å². The molecule has 106 valence electrons. The number of fused-ring (bicyclic) bond motifs is 1. The molecule has 0 aliphatic heterocycles. The highest BCUT2D eigenvalue weighted by Crippen LogP contribution is 2.21. The summed E-state index contributed by atoms with van der Waals surface area (Å²) in [6.07, 6.45) is 3.44. The molecule has 0 unspecified atom stereocenters. The Kier molecular flexibility index (Phi) is 3.31. The van der Waals surface area contributed by atoms with Gasteiger partial charge < -0.3 is 14.0 Å². The highest BCUT2D eigenvalue weighted by molar-refractivity contribution is 5.93. The molecule has 0 saturated heterocycles. The topological polar surface area (TPSA) is 53.3 Å². The summed E-state index contributed by atoms with van der Waals surface area (Å²) in [5.74, 6) is 0.415. The fourth-order valence-corrected chi connectivity index (χ4v) is 2.20. The van der Waals surface area contributed by atoms with Crippen LogP contribution in [0.4, 0.5) is 0 Å². The van der Waals surface area contributed by atoms with Gasteiger partial charge in [0.05, 0.1) is 19.8 Å². The maximum atomic E-state index is 11.5. The van der Waals surface area contributed by atoms with E-state index >= 15 is 0 Å². The minimum absolute atomic E-state index is 0.387. The van der Waals surface area contributed by atoms with Gasteiger partial charge in [0.1, 0.15) is 11.4 Å². The lowest BCUT2D eigenvalue weighted by molar-refractivity contribution is 0.0600. The minimum Gasteiger partial charge on any atom is -0.497 e. The summed E-state index contributed by atoms with van der Waals surface area (Å²) < 4.78 is 11.8. The van der Waals surface area contributed by atoms with E-state index in [-0.39, 0.29) is 5.97 Å². The van der Waals surface area contributed by atoms with Crippen molar-refractivity contribution in [1.29, 1.82) is 0 Å². The molecule has 0 N–H and O–H groups in total. The number of benzene rings is 1. The molecule has 3 rings (SSSR count). The second-order valence-electron chi connectivity index (χ2n) is 4.51. The average Bonchev–Trinajstić information content (AvgIpc) is 2.97. The van der Waals surface area contributed by atoms with Crippen LogP contribution in [0.1, 0.15) is 10.4 Å². The third-order valence-electron chi connectivity index (χ3n) is 3.30. The van der Waals surface area contributed by atoms with Gasteiger partial charge in [-0.1, -0.05) is 0 Å². The van der Waals surface area contributed by atoms with Crippen LogP contribution < -0.4 is 4.74 Å². The average molecular weight is 282 g/mol. The van der Waals surface area contributed by atoms with Crippen molar-refractivity contribution in [3.63, 3.8) is 0 Å². The molecular weight excluding hydrogens is 268 g/mol. The number of aromatic nitrogens is 2. The van der Waals surface area contributed by atoms with Gasteiger partial charge in [0, 0.05) is 23.5 Å². The highest BCUT2D eigenvalue weighted by Gasteiger charge is 2.10. The Hall–Kier alpha value is -2.82. The van der Waals surface area contributed by atoms with Crippen LogP contribution in [-0.4, -0.2) is 29.7 Å². The standard InChI is InChI=1S/C16H14N2O3/c1-20-14-5-3-13(4-6-14)18-8-7-11-9-12(16(19)21-2)10-17-15(11)18/h3-10H,1-2H3. The predicted octanol–water partition coefficient (Wildman–Crippen LogP) is 2.82. The second-order valence-corrected chi connectivity index (χ2v) is 4.51. The van der Waals surface area contributed by atoms with Crippen LogP contribution in [0, 0.1) is 0 Å². The molecule has 2 aromatic heterocycles. The monoisotopic (exact) mass is 282 g/mol. The van der Waals surface area contributed by atoms with Crippen LogP contribution in [0.3, 0.4) is 0 Å². The van der Waals surface area contributed by atoms with Gasteiger partial charge in [0.15, 0.2) is 0 Å². The van der Waals surface area contributed by atoms with Crippen molar-refractivity contribution in [2.45, 2.75) is 0 Å². The summed E-state index contributed by atoms with van der Waals surface area (Å²) in [6.45, 7) is 0.